The smallest absolute Gasteiger partial charge is 0.335 e. The van der Waals surface area contributed by atoms with Gasteiger partial charge in [-0.2, -0.15) is 0 Å². The van der Waals surface area contributed by atoms with Crippen molar-refractivity contribution in [1.82, 2.24) is 19.6 Å². The summed E-state index contributed by atoms with van der Waals surface area (Å²) >= 11 is 0. The molecule has 352 valence electrons. The molecule has 0 radical (unpaired) electrons. The van der Waals surface area contributed by atoms with Crippen LogP contribution < -0.4 is 0 Å². The highest BCUT2D eigenvalue weighted by Crippen LogP contribution is 2.64. The van der Waals surface area contributed by atoms with E-state index >= 15 is 0 Å². The van der Waals surface area contributed by atoms with Crippen molar-refractivity contribution in [2.24, 2.45) is 11.8 Å². The number of nitrogens with zero attached hydrogens (tertiary/aromatic N) is 4. The van der Waals surface area contributed by atoms with Gasteiger partial charge in [-0.25, -0.2) is 19.2 Å². The summed E-state index contributed by atoms with van der Waals surface area (Å²) in [6, 6.07) is 1.61. The van der Waals surface area contributed by atoms with E-state index in [0.717, 1.165) is 138 Å². The molecular weight excluding hydrogens is 841 g/mol. The largest absolute Gasteiger partial charge is 0.450 e. The third kappa shape index (κ3) is 4.95. The molecular formula is C48H62N4O13. The molecule has 4 saturated carbocycles. The van der Waals surface area contributed by atoms with Crippen molar-refractivity contribution >= 4 is 23.9 Å². The van der Waals surface area contributed by atoms with Gasteiger partial charge >= 0.3 is 23.9 Å². The molecule has 4 aliphatic carbocycles. The maximum Gasteiger partial charge on any atom is 0.335 e. The van der Waals surface area contributed by atoms with Crippen molar-refractivity contribution in [2.75, 3.05) is 26.2 Å². The summed E-state index contributed by atoms with van der Waals surface area (Å²) in [6.07, 6.45) is 16.8. The van der Waals surface area contributed by atoms with Crippen LogP contribution in [0.5, 0.6) is 0 Å². The van der Waals surface area contributed by atoms with Crippen molar-refractivity contribution in [2.45, 2.75) is 186 Å². The molecule has 17 heteroatoms. The van der Waals surface area contributed by atoms with Gasteiger partial charge in [0.25, 0.3) is 0 Å². The summed E-state index contributed by atoms with van der Waals surface area (Å²) in [5.41, 5.74) is 4.15. The Kier molecular flexibility index (Phi) is 9.09. The molecule has 65 heavy (non-hydrogen) atoms. The fourth-order valence-electron chi connectivity index (χ4n) is 18.4. The van der Waals surface area contributed by atoms with Crippen molar-refractivity contribution < 1.29 is 64.8 Å². The zero-order valence-corrected chi connectivity index (χ0v) is 36.7. The van der Waals surface area contributed by atoms with Gasteiger partial charge in [-0.3, -0.25) is 19.6 Å². The molecule has 0 aromatic carbocycles. The first-order chi connectivity index (χ1) is 30.0. The van der Waals surface area contributed by atoms with E-state index in [9.17, 15) is 29.4 Å². The van der Waals surface area contributed by atoms with Crippen LogP contribution in [-0.2, 0) is 38.1 Å². The summed E-state index contributed by atoms with van der Waals surface area (Å²) < 4.78 is 24.5. The number of ether oxygens (including phenoxy) is 4. The Labute approximate surface area is 376 Å². The Morgan fingerprint density at radius 3 is 1.20 bits per heavy atom. The average Bonchev–Trinajstić information content (AvgIpc) is 4.08. The highest BCUT2D eigenvalue weighted by atomic mass is 16.6. The Bertz CT molecular complexity index is 2170. The zero-order valence-electron chi connectivity index (χ0n) is 36.7. The van der Waals surface area contributed by atoms with E-state index < -0.39 is 34.6 Å². The third-order valence-corrected chi connectivity index (χ3v) is 20.2. The number of esters is 4. The number of fused-ring (bicyclic) bond motifs is 8. The van der Waals surface area contributed by atoms with E-state index in [0.29, 0.717) is 12.8 Å². The molecule has 4 spiro atoms. The van der Waals surface area contributed by atoms with Crippen LogP contribution in [0.3, 0.4) is 0 Å². The second-order valence-corrected chi connectivity index (χ2v) is 22.1. The minimum atomic E-state index is -0.634. The highest BCUT2D eigenvalue weighted by molar-refractivity contribution is 5.96. The van der Waals surface area contributed by atoms with Gasteiger partial charge in [-0.05, 0) is 126 Å². The third-order valence-electron chi connectivity index (χ3n) is 20.2. The average molecular weight is 903 g/mol. The van der Waals surface area contributed by atoms with Crippen LogP contribution in [0.15, 0.2) is 45.6 Å². The fourth-order valence-corrected chi connectivity index (χ4v) is 18.4. The molecule has 10 saturated heterocycles. The quantitative estimate of drug-likeness (QED) is 0.266. The van der Waals surface area contributed by atoms with Gasteiger partial charge in [0.1, 0.15) is 0 Å². The molecule has 16 atom stereocenters. The Morgan fingerprint density at radius 2 is 0.815 bits per heavy atom. The molecule has 0 aromatic heterocycles. The maximum atomic E-state index is 13.5. The Balaban J connectivity index is 0.000000131. The molecule has 14 fully saturated rings. The number of carbonyl (C=O) groups is 4. The van der Waals surface area contributed by atoms with Crippen LogP contribution in [-0.4, -0.2) is 179 Å². The molecule has 8 N–H and O–H groups in total. The minimum absolute atomic E-state index is 0. The summed E-state index contributed by atoms with van der Waals surface area (Å²) in [5.74, 6) is -0.638. The van der Waals surface area contributed by atoms with E-state index in [1.54, 1.807) is 12.2 Å². The summed E-state index contributed by atoms with van der Waals surface area (Å²) in [4.78, 5) is 61.6. The van der Waals surface area contributed by atoms with Crippen LogP contribution in [0.1, 0.15) is 103 Å². The zero-order chi connectivity index (χ0) is 41.4. The molecule has 8 bridgehead atoms. The highest BCUT2D eigenvalue weighted by Gasteiger charge is 2.72. The van der Waals surface area contributed by atoms with Gasteiger partial charge in [0, 0.05) is 85.0 Å². The second-order valence-electron chi connectivity index (χ2n) is 22.1. The van der Waals surface area contributed by atoms with Gasteiger partial charge in [-0.1, -0.05) is 0 Å². The van der Waals surface area contributed by atoms with Crippen LogP contribution >= 0.6 is 0 Å². The fraction of sp³-hybridized carbons (Fsp3) is 0.750. The summed E-state index contributed by atoms with van der Waals surface area (Å²) in [6.45, 7) is 4.01. The number of hydrogen-bond acceptors (Lipinski definition) is 14. The van der Waals surface area contributed by atoms with Crippen LogP contribution in [0.2, 0.25) is 0 Å². The monoisotopic (exact) mass is 902 g/mol. The van der Waals surface area contributed by atoms with E-state index in [1.807, 2.05) is 0 Å². The van der Waals surface area contributed by atoms with E-state index in [-0.39, 0.29) is 100 Å². The number of piperidine rings is 4. The first-order valence-corrected chi connectivity index (χ1v) is 24.2. The van der Waals surface area contributed by atoms with Crippen LogP contribution in [0.25, 0.3) is 0 Å². The van der Waals surface area contributed by atoms with Gasteiger partial charge in [-0.15, -0.1) is 0 Å². The maximum absolute atomic E-state index is 13.5. The number of aliphatic hydroxyl groups is 2. The van der Waals surface area contributed by atoms with Gasteiger partial charge in [0.2, 0.25) is 0 Å². The lowest BCUT2D eigenvalue weighted by atomic mass is 9.63. The van der Waals surface area contributed by atoms with Crippen molar-refractivity contribution in [1.29, 1.82) is 0 Å². The lowest BCUT2D eigenvalue weighted by molar-refractivity contribution is -0.177. The summed E-state index contributed by atoms with van der Waals surface area (Å²) in [7, 11) is 0. The summed E-state index contributed by atoms with van der Waals surface area (Å²) in [5, 5.41) is 21.6. The molecule has 0 aromatic rings. The predicted molar refractivity (Wildman–Crippen MR) is 226 cm³/mol. The molecule has 14 aliphatic heterocycles. The molecule has 0 unspecified atom stereocenters. The number of carbonyl (C=O) groups excluding carboxylic acids is 4. The lowest BCUT2D eigenvalue weighted by Crippen LogP contribution is -2.68. The molecule has 18 rings (SSSR count). The normalized spacial score (nSPS) is 49.7. The van der Waals surface area contributed by atoms with Gasteiger partial charge in [0.05, 0.1) is 36.4 Å². The van der Waals surface area contributed by atoms with E-state index in [2.05, 4.69) is 19.6 Å². The van der Waals surface area contributed by atoms with Gasteiger partial charge < -0.3 is 45.6 Å². The lowest BCUT2D eigenvalue weighted by Gasteiger charge is -2.56. The standard InChI is InChI=1S/2C24H28N2O5.3H2O/c2*27-17-11-24-14(9-15(17)25-5-2-4-19(24)25)21(22(29)31-24)13-7-12-8-20(28)30-23(12)10-16(13)26-6-1-3-18(23)26;;;/h2*8,13,15-19,27H,1-7,9-11H2;3*1H2/t2*13-,15-,16-,17+,18+,19+,23-,24+;;;/m00.../s1. The first-order valence-electron chi connectivity index (χ1n) is 24.2. The molecule has 0 amide bonds. The number of aliphatic hydroxyl groups excluding tert-OH is 2. The minimum Gasteiger partial charge on any atom is -0.450 e. The van der Waals surface area contributed by atoms with E-state index in [1.165, 1.54) is 11.1 Å². The van der Waals surface area contributed by atoms with Crippen LogP contribution in [0.4, 0.5) is 0 Å². The Hall–Kier alpha value is -3.52. The first kappa shape index (κ1) is 42.8. The SMILES string of the molecule is O.O.O.O=C1C=C2C[C@H](C3=C4C[C@H]5[C@H](O)C[C@]4(OC3=O)[C@H]3CCCN53)[C@@H]3C[C@@]2(O1)[C@H]1CCCN31.O=C1C=C2C[C@H](C3=C4C[C@H]5[C@H](O)C[C@]4(OC3=O)[C@H]3CCCN53)[C@@H]3C[C@@]2(O1)[C@H]1CCCN31. The van der Waals surface area contributed by atoms with Gasteiger partial charge in [0.15, 0.2) is 22.4 Å². The Morgan fingerprint density at radius 1 is 0.462 bits per heavy atom. The van der Waals surface area contributed by atoms with Crippen molar-refractivity contribution in [3.8, 4) is 0 Å². The number of rotatable bonds is 2. The molecule has 18 aliphatic rings. The topological polar surface area (TPSA) is 253 Å². The van der Waals surface area contributed by atoms with E-state index in [4.69, 9.17) is 18.9 Å². The molecule has 14 heterocycles. The van der Waals surface area contributed by atoms with Crippen LogP contribution in [0, 0.1) is 11.8 Å². The molecule has 17 nitrogen and oxygen atoms in total. The predicted octanol–water partition coefficient (Wildman–Crippen LogP) is -0.357. The van der Waals surface area contributed by atoms with Crippen molar-refractivity contribution in [3.05, 3.63) is 45.6 Å². The number of hydrogen-bond donors (Lipinski definition) is 2. The second kappa shape index (κ2) is 13.8. The van der Waals surface area contributed by atoms with Crippen molar-refractivity contribution in [3.63, 3.8) is 0 Å².